The topological polar surface area (TPSA) is 62.3 Å². The van der Waals surface area contributed by atoms with E-state index in [0.717, 1.165) is 18.4 Å². The molecule has 0 atom stereocenters. The minimum atomic E-state index is -3.48. The number of aromatic nitrogens is 1. The quantitative estimate of drug-likeness (QED) is 0.652. The Hall–Kier alpha value is -1.21. The zero-order chi connectivity index (χ0) is 15.5. The Balaban J connectivity index is 2.29. The van der Waals surface area contributed by atoms with E-state index in [4.69, 9.17) is 11.6 Å². The zero-order valence-electron chi connectivity index (χ0n) is 12.0. The molecule has 114 valence electrons. The predicted molar refractivity (Wildman–Crippen MR) is 85.1 cm³/mol. The van der Waals surface area contributed by atoms with E-state index in [-0.39, 0.29) is 4.90 Å². The van der Waals surface area contributed by atoms with Gasteiger partial charge in [0.2, 0.25) is 10.0 Å². The Bertz CT molecular complexity index is 734. The summed E-state index contributed by atoms with van der Waals surface area (Å²) in [5.74, 6) is 0. The number of sulfonamides is 1. The van der Waals surface area contributed by atoms with Gasteiger partial charge in [-0.2, -0.15) is 0 Å². The molecule has 1 aromatic carbocycles. The van der Waals surface area contributed by atoms with Crippen LogP contribution >= 0.6 is 11.6 Å². The van der Waals surface area contributed by atoms with E-state index in [2.05, 4.69) is 10.3 Å². The number of pyridine rings is 1. The number of hydrogen-bond donors (Lipinski definition) is 1. The Morgan fingerprint density at radius 3 is 2.76 bits per heavy atom. The number of fused-ring (bicyclic) bond motifs is 1. The smallest absolute Gasteiger partial charge is 0.242 e. The van der Waals surface area contributed by atoms with Crippen LogP contribution in [0.3, 0.4) is 0 Å². The lowest BCUT2D eigenvalue weighted by atomic mass is 10.2. The molecule has 7 heteroatoms. The molecule has 0 saturated heterocycles. The van der Waals surface area contributed by atoms with Gasteiger partial charge in [-0.15, -0.1) is 0 Å². The maximum Gasteiger partial charge on any atom is 0.242 e. The van der Waals surface area contributed by atoms with Crippen molar-refractivity contribution in [1.82, 2.24) is 14.6 Å². The van der Waals surface area contributed by atoms with E-state index in [1.165, 1.54) is 4.31 Å². The normalized spacial score (nSPS) is 12.2. The van der Waals surface area contributed by atoms with Gasteiger partial charge in [0.25, 0.3) is 0 Å². The summed E-state index contributed by atoms with van der Waals surface area (Å²) in [5.41, 5.74) is 0.680. The number of hydrogen-bond acceptors (Lipinski definition) is 4. The first-order chi connectivity index (χ1) is 9.95. The van der Waals surface area contributed by atoms with Crippen LogP contribution in [0.5, 0.6) is 0 Å². The SMILES string of the molecule is CNCCCN(C)S(=O)(=O)c1ccc2nc(Cl)ccc2c1. The fraction of sp³-hybridized carbons (Fsp3) is 0.357. The highest BCUT2D eigenvalue weighted by Crippen LogP contribution is 2.21. The lowest BCUT2D eigenvalue weighted by Gasteiger charge is -2.17. The van der Waals surface area contributed by atoms with Crippen LogP contribution in [0.25, 0.3) is 10.9 Å². The van der Waals surface area contributed by atoms with Crippen molar-refractivity contribution < 1.29 is 8.42 Å². The van der Waals surface area contributed by atoms with Crippen molar-refractivity contribution in [1.29, 1.82) is 0 Å². The van der Waals surface area contributed by atoms with Crippen molar-refractivity contribution in [3.05, 3.63) is 35.5 Å². The minimum Gasteiger partial charge on any atom is -0.320 e. The van der Waals surface area contributed by atoms with Gasteiger partial charge >= 0.3 is 0 Å². The van der Waals surface area contributed by atoms with Crippen molar-refractivity contribution in [2.45, 2.75) is 11.3 Å². The summed E-state index contributed by atoms with van der Waals surface area (Å²) in [6.45, 7) is 1.25. The van der Waals surface area contributed by atoms with Gasteiger partial charge in [0.15, 0.2) is 0 Å². The third kappa shape index (κ3) is 3.71. The molecular formula is C14H18ClN3O2S. The Labute approximate surface area is 130 Å². The summed E-state index contributed by atoms with van der Waals surface area (Å²) in [5, 5.41) is 4.15. The van der Waals surface area contributed by atoms with E-state index in [0.29, 0.717) is 17.2 Å². The molecule has 1 N–H and O–H groups in total. The van der Waals surface area contributed by atoms with E-state index in [1.807, 2.05) is 7.05 Å². The average molecular weight is 328 g/mol. The Kier molecular flexibility index (Phi) is 5.16. The minimum absolute atomic E-state index is 0.270. The molecular weight excluding hydrogens is 310 g/mol. The number of nitrogens with one attached hydrogen (secondary N) is 1. The van der Waals surface area contributed by atoms with Crippen LogP contribution in [-0.4, -0.2) is 44.9 Å². The van der Waals surface area contributed by atoms with Crippen molar-refractivity contribution in [3.8, 4) is 0 Å². The molecule has 0 aliphatic rings. The molecule has 0 bridgehead atoms. The van der Waals surface area contributed by atoms with Crippen LogP contribution < -0.4 is 5.32 Å². The Morgan fingerprint density at radius 2 is 2.05 bits per heavy atom. The molecule has 5 nitrogen and oxygen atoms in total. The van der Waals surface area contributed by atoms with Crippen LogP contribution in [0.1, 0.15) is 6.42 Å². The molecule has 1 aromatic heterocycles. The second-order valence-electron chi connectivity index (χ2n) is 4.77. The summed E-state index contributed by atoms with van der Waals surface area (Å²) < 4.78 is 26.4. The van der Waals surface area contributed by atoms with Gasteiger partial charge in [-0.3, -0.25) is 0 Å². The Morgan fingerprint density at radius 1 is 1.29 bits per heavy atom. The number of nitrogens with zero attached hydrogens (tertiary/aromatic N) is 2. The molecule has 0 spiro atoms. The van der Waals surface area contributed by atoms with Crippen LogP contribution in [0.2, 0.25) is 5.15 Å². The summed E-state index contributed by atoms with van der Waals surface area (Å²) >= 11 is 5.83. The molecule has 0 unspecified atom stereocenters. The van der Waals surface area contributed by atoms with Gasteiger partial charge in [-0.25, -0.2) is 17.7 Å². The van der Waals surface area contributed by atoms with Crippen molar-refractivity contribution >= 4 is 32.5 Å². The molecule has 21 heavy (non-hydrogen) atoms. The molecule has 0 radical (unpaired) electrons. The lowest BCUT2D eigenvalue weighted by Crippen LogP contribution is -2.29. The lowest BCUT2D eigenvalue weighted by molar-refractivity contribution is 0.458. The van der Waals surface area contributed by atoms with Gasteiger partial charge in [0.1, 0.15) is 5.15 Å². The van der Waals surface area contributed by atoms with E-state index >= 15 is 0 Å². The number of halogens is 1. The largest absolute Gasteiger partial charge is 0.320 e. The molecule has 0 fully saturated rings. The molecule has 0 aliphatic carbocycles. The molecule has 0 amide bonds. The molecule has 0 saturated carbocycles. The molecule has 2 rings (SSSR count). The van der Waals surface area contributed by atoms with Gasteiger partial charge < -0.3 is 5.32 Å². The summed E-state index contributed by atoms with van der Waals surface area (Å²) in [4.78, 5) is 4.42. The summed E-state index contributed by atoms with van der Waals surface area (Å²) in [6, 6.07) is 8.29. The standard InChI is InChI=1S/C14H18ClN3O2S/c1-16-8-3-9-18(2)21(19,20)12-5-6-13-11(10-12)4-7-14(15)17-13/h4-7,10,16H,3,8-9H2,1-2H3. The van der Waals surface area contributed by atoms with Crippen LogP contribution in [0, 0.1) is 0 Å². The fourth-order valence-electron chi connectivity index (χ4n) is 2.02. The number of benzene rings is 1. The first kappa shape index (κ1) is 16.2. The second kappa shape index (κ2) is 6.70. The first-order valence-corrected chi connectivity index (χ1v) is 8.44. The highest BCUT2D eigenvalue weighted by atomic mass is 35.5. The second-order valence-corrected chi connectivity index (χ2v) is 7.20. The van der Waals surface area contributed by atoms with E-state index in [1.54, 1.807) is 37.4 Å². The highest BCUT2D eigenvalue weighted by molar-refractivity contribution is 7.89. The third-order valence-corrected chi connectivity index (χ3v) is 5.30. The monoisotopic (exact) mass is 327 g/mol. The number of rotatable bonds is 6. The molecule has 1 heterocycles. The van der Waals surface area contributed by atoms with Crippen LogP contribution in [-0.2, 0) is 10.0 Å². The van der Waals surface area contributed by atoms with Crippen molar-refractivity contribution in [2.24, 2.45) is 0 Å². The summed E-state index contributed by atoms with van der Waals surface area (Å²) in [6.07, 6.45) is 0.761. The molecule has 2 aromatic rings. The van der Waals surface area contributed by atoms with Gasteiger partial charge in [-0.05, 0) is 50.3 Å². The van der Waals surface area contributed by atoms with Crippen molar-refractivity contribution in [3.63, 3.8) is 0 Å². The van der Waals surface area contributed by atoms with Crippen LogP contribution in [0.15, 0.2) is 35.2 Å². The van der Waals surface area contributed by atoms with Gasteiger partial charge in [-0.1, -0.05) is 11.6 Å². The van der Waals surface area contributed by atoms with E-state index in [9.17, 15) is 8.42 Å². The highest BCUT2D eigenvalue weighted by Gasteiger charge is 2.20. The molecule has 0 aliphatic heterocycles. The van der Waals surface area contributed by atoms with E-state index < -0.39 is 10.0 Å². The fourth-order valence-corrected chi connectivity index (χ4v) is 3.42. The van der Waals surface area contributed by atoms with Gasteiger partial charge in [0, 0.05) is 19.0 Å². The average Bonchev–Trinajstić information content (AvgIpc) is 2.46. The van der Waals surface area contributed by atoms with Gasteiger partial charge in [0.05, 0.1) is 10.4 Å². The zero-order valence-corrected chi connectivity index (χ0v) is 13.6. The third-order valence-electron chi connectivity index (χ3n) is 3.23. The maximum absolute atomic E-state index is 12.5. The van der Waals surface area contributed by atoms with Crippen LogP contribution in [0.4, 0.5) is 0 Å². The maximum atomic E-state index is 12.5. The summed E-state index contributed by atoms with van der Waals surface area (Å²) in [7, 11) is -0.0405. The predicted octanol–water partition coefficient (Wildman–Crippen LogP) is 2.12. The van der Waals surface area contributed by atoms with Crippen molar-refractivity contribution in [2.75, 3.05) is 27.2 Å². The first-order valence-electron chi connectivity index (χ1n) is 6.62.